The van der Waals surface area contributed by atoms with Gasteiger partial charge in [0, 0.05) is 12.8 Å². The third-order valence-electron chi connectivity index (χ3n) is 5.18. The summed E-state index contributed by atoms with van der Waals surface area (Å²) in [6, 6.07) is 9.30. The molecule has 11 heteroatoms. The quantitative estimate of drug-likeness (QED) is 0.294. The number of alkyl halides is 3. The van der Waals surface area contributed by atoms with Crippen molar-refractivity contribution in [2.45, 2.75) is 25.7 Å². The van der Waals surface area contributed by atoms with E-state index in [2.05, 4.69) is 10.6 Å². The maximum Gasteiger partial charge on any atom is 0.416 e. The number of hydrogen-bond donors (Lipinski definition) is 2. The van der Waals surface area contributed by atoms with Crippen LogP contribution >= 0.6 is 12.2 Å². The molecule has 1 aliphatic rings. The van der Waals surface area contributed by atoms with Crippen molar-refractivity contribution in [3.05, 3.63) is 70.4 Å². The number of thiocarbonyl (C=S) groups is 1. The molecule has 0 bridgehead atoms. The van der Waals surface area contributed by atoms with Crippen LogP contribution in [0.3, 0.4) is 0 Å². The maximum atomic E-state index is 13.0. The number of ether oxygens (including phenoxy) is 4. The van der Waals surface area contributed by atoms with Gasteiger partial charge in [-0.1, -0.05) is 18.2 Å². The van der Waals surface area contributed by atoms with Gasteiger partial charge in [-0.3, -0.25) is 0 Å². The molecular weight excluding hydrogens is 485 g/mol. The summed E-state index contributed by atoms with van der Waals surface area (Å²) in [6.07, 6.45) is -4.44. The Balaban J connectivity index is 1.83. The van der Waals surface area contributed by atoms with E-state index in [1.165, 1.54) is 20.3 Å². The fourth-order valence-corrected chi connectivity index (χ4v) is 3.76. The van der Waals surface area contributed by atoms with Crippen LogP contribution in [0.1, 0.15) is 29.7 Å². The third kappa shape index (κ3) is 6.64. The molecule has 0 saturated heterocycles. The smallest absolute Gasteiger partial charge is 0.416 e. The molecule has 1 heterocycles. The SMILES string of the molecule is COCCOC(=O)C1=C(C)NC(=S)N[C@@H]1c1ccc(OCc2cccc(C(F)(F)F)c2)c(OC)c1. The molecule has 0 unspecified atom stereocenters. The van der Waals surface area contributed by atoms with Gasteiger partial charge in [-0.15, -0.1) is 0 Å². The minimum Gasteiger partial charge on any atom is -0.493 e. The van der Waals surface area contributed by atoms with Crippen molar-refractivity contribution in [2.75, 3.05) is 27.4 Å². The molecule has 0 spiro atoms. The Labute approximate surface area is 206 Å². The Morgan fingerprint density at radius 1 is 1.09 bits per heavy atom. The van der Waals surface area contributed by atoms with Crippen molar-refractivity contribution in [2.24, 2.45) is 0 Å². The molecule has 35 heavy (non-hydrogen) atoms. The van der Waals surface area contributed by atoms with Gasteiger partial charge in [0.1, 0.15) is 13.2 Å². The highest BCUT2D eigenvalue weighted by Gasteiger charge is 2.32. The van der Waals surface area contributed by atoms with E-state index >= 15 is 0 Å². The Morgan fingerprint density at radius 3 is 2.54 bits per heavy atom. The summed E-state index contributed by atoms with van der Waals surface area (Å²) in [6.45, 7) is 1.98. The van der Waals surface area contributed by atoms with Crippen LogP contribution in [0.5, 0.6) is 11.5 Å². The Kier molecular flexibility index (Phi) is 8.57. The molecule has 1 atom stereocenters. The minimum atomic E-state index is -4.44. The van der Waals surface area contributed by atoms with Gasteiger partial charge in [0.25, 0.3) is 0 Å². The number of methoxy groups -OCH3 is 2. The first-order valence-electron chi connectivity index (χ1n) is 10.5. The lowest BCUT2D eigenvalue weighted by Crippen LogP contribution is -2.45. The summed E-state index contributed by atoms with van der Waals surface area (Å²) < 4.78 is 60.3. The number of nitrogens with one attached hydrogen (secondary N) is 2. The van der Waals surface area contributed by atoms with Crippen LogP contribution < -0.4 is 20.1 Å². The van der Waals surface area contributed by atoms with Crippen LogP contribution in [0.25, 0.3) is 0 Å². The van der Waals surface area contributed by atoms with Crippen molar-refractivity contribution in [1.29, 1.82) is 0 Å². The second-order valence-electron chi connectivity index (χ2n) is 7.60. The van der Waals surface area contributed by atoms with Crippen LogP contribution in [0.4, 0.5) is 13.2 Å². The molecule has 0 saturated carbocycles. The van der Waals surface area contributed by atoms with Crippen molar-refractivity contribution < 1.29 is 36.9 Å². The Bertz CT molecular complexity index is 1120. The van der Waals surface area contributed by atoms with Gasteiger partial charge in [0.2, 0.25) is 0 Å². The largest absolute Gasteiger partial charge is 0.493 e. The van der Waals surface area contributed by atoms with Gasteiger partial charge in [0.05, 0.1) is 30.9 Å². The summed E-state index contributed by atoms with van der Waals surface area (Å²) in [5.74, 6) is 0.136. The molecule has 2 aromatic carbocycles. The number of esters is 1. The lowest BCUT2D eigenvalue weighted by molar-refractivity contribution is -0.141. The van der Waals surface area contributed by atoms with Gasteiger partial charge in [0.15, 0.2) is 16.6 Å². The van der Waals surface area contributed by atoms with E-state index in [1.807, 2.05) is 0 Å². The van der Waals surface area contributed by atoms with Crippen LogP contribution in [-0.4, -0.2) is 38.5 Å². The fraction of sp³-hybridized carbons (Fsp3) is 0.333. The molecule has 0 amide bonds. The van der Waals surface area contributed by atoms with Crippen molar-refractivity contribution in [3.8, 4) is 11.5 Å². The van der Waals surface area contributed by atoms with Gasteiger partial charge >= 0.3 is 12.1 Å². The average Bonchev–Trinajstić information content (AvgIpc) is 2.81. The van der Waals surface area contributed by atoms with E-state index in [-0.39, 0.29) is 19.8 Å². The van der Waals surface area contributed by atoms with E-state index in [4.69, 9.17) is 31.2 Å². The van der Waals surface area contributed by atoms with Gasteiger partial charge in [-0.2, -0.15) is 13.2 Å². The Hall–Kier alpha value is -3.31. The minimum absolute atomic E-state index is 0.0919. The molecule has 7 nitrogen and oxygen atoms in total. The predicted molar refractivity (Wildman–Crippen MR) is 126 cm³/mol. The fourth-order valence-electron chi connectivity index (χ4n) is 3.49. The highest BCUT2D eigenvalue weighted by Crippen LogP contribution is 2.35. The van der Waals surface area contributed by atoms with Crippen molar-refractivity contribution in [1.82, 2.24) is 10.6 Å². The van der Waals surface area contributed by atoms with E-state index in [0.29, 0.717) is 39.0 Å². The zero-order chi connectivity index (χ0) is 25.6. The first-order chi connectivity index (χ1) is 16.6. The highest BCUT2D eigenvalue weighted by molar-refractivity contribution is 7.80. The second-order valence-corrected chi connectivity index (χ2v) is 8.00. The molecule has 2 N–H and O–H groups in total. The first-order valence-corrected chi connectivity index (χ1v) is 11.0. The first kappa shape index (κ1) is 26.3. The summed E-state index contributed by atoms with van der Waals surface area (Å²) in [7, 11) is 2.95. The van der Waals surface area contributed by atoms with Crippen molar-refractivity contribution >= 4 is 23.3 Å². The molecule has 0 aliphatic carbocycles. The maximum absolute atomic E-state index is 13.0. The van der Waals surface area contributed by atoms with Gasteiger partial charge < -0.3 is 29.6 Å². The van der Waals surface area contributed by atoms with Crippen LogP contribution in [0.15, 0.2) is 53.7 Å². The van der Waals surface area contributed by atoms with E-state index in [1.54, 1.807) is 31.2 Å². The summed E-state index contributed by atoms with van der Waals surface area (Å²) in [4.78, 5) is 12.8. The van der Waals surface area contributed by atoms with Gasteiger partial charge in [-0.05, 0) is 54.5 Å². The number of carbonyl (C=O) groups excluding carboxylic acids is 1. The van der Waals surface area contributed by atoms with Crippen LogP contribution in [-0.2, 0) is 27.1 Å². The molecule has 3 rings (SSSR count). The molecule has 2 aromatic rings. The number of hydrogen-bond acceptors (Lipinski definition) is 6. The standard InChI is InChI=1S/C24H25F3N2O5S/c1-14-20(22(30)33-10-9-31-2)21(29-23(35)28-14)16-7-8-18(19(12-16)32-3)34-13-15-5-4-6-17(11-15)24(25,26)27/h4-8,11-12,21H,9-10,13H2,1-3H3,(H2,28,29,35)/t21-/m1/s1. The number of halogens is 3. The van der Waals surface area contributed by atoms with Gasteiger partial charge in [-0.25, -0.2) is 4.79 Å². The highest BCUT2D eigenvalue weighted by atomic mass is 32.1. The molecular formula is C24H25F3N2O5S. The number of benzene rings is 2. The number of allylic oxidation sites excluding steroid dienone is 1. The molecule has 188 valence electrons. The lowest BCUT2D eigenvalue weighted by Gasteiger charge is -2.30. The topological polar surface area (TPSA) is 78.1 Å². The zero-order valence-electron chi connectivity index (χ0n) is 19.3. The lowest BCUT2D eigenvalue weighted by atomic mass is 9.95. The van der Waals surface area contributed by atoms with E-state index < -0.39 is 23.8 Å². The Morgan fingerprint density at radius 2 is 1.86 bits per heavy atom. The van der Waals surface area contributed by atoms with Crippen LogP contribution in [0, 0.1) is 0 Å². The molecule has 0 radical (unpaired) electrons. The number of carbonyl (C=O) groups is 1. The summed E-state index contributed by atoms with van der Waals surface area (Å²) in [5, 5.41) is 6.32. The second kappa shape index (κ2) is 11.4. The molecule has 1 aliphatic heterocycles. The molecule has 0 aromatic heterocycles. The summed E-state index contributed by atoms with van der Waals surface area (Å²) in [5.41, 5.74) is 1.14. The van der Waals surface area contributed by atoms with Crippen molar-refractivity contribution in [3.63, 3.8) is 0 Å². The third-order valence-corrected chi connectivity index (χ3v) is 5.40. The zero-order valence-corrected chi connectivity index (χ0v) is 20.1. The number of rotatable bonds is 9. The monoisotopic (exact) mass is 510 g/mol. The average molecular weight is 511 g/mol. The summed E-state index contributed by atoms with van der Waals surface area (Å²) >= 11 is 5.26. The normalized spacial score (nSPS) is 15.8. The van der Waals surface area contributed by atoms with Crippen LogP contribution in [0.2, 0.25) is 0 Å². The molecule has 0 fully saturated rings. The van der Waals surface area contributed by atoms with E-state index in [0.717, 1.165) is 12.1 Å². The van der Waals surface area contributed by atoms with E-state index in [9.17, 15) is 18.0 Å². The predicted octanol–water partition coefficient (Wildman–Crippen LogP) is 4.28.